The van der Waals surface area contributed by atoms with Crippen LogP contribution in [0.4, 0.5) is 0 Å². The molecule has 0 saturated carbocycles. The molecule has 112 valence electrons. The van der Waals surface area contributed by atoms with Crippen molar-refractivity contribution >= 4 is 27.3 Å². The van der Waals surface area contributed by atoms with Gasteiger partial charge in [0.1, 0.15) is 9.77 Å². The standard InChI is InChI=1S/C12H18N2O4S2/c1-8-6-13-7-9(2)14(8)20(16,17)10-4-5-19-11(10)12(15)18-3/h4-5,8-9,13H,6-7H2,1-3H3. The number of ether oxygens (including phenoxy) is 1. The van der Waals surface area contributed by atoms with Gasteiger partial charge in [-0.25, -0.2) is 13.2 Å². The molecule has 0 aliphatic carbocycles. The van der Waals surface area contributed by atoms with Crippen molar-refractivity contribution in [3.63, 3.8) is 0 Å². The molecule has 0 amide bonds. The van der Waals surface area contributed by atoms with Crippen molar-refractivity contribution in [2.24, 2.45) is 0 Å². The van der Waals surface area contributed by atoms with Crippen molar-refractivity contribution < 1.29 is 17.9 Å². The monoisotopic (exact) mass is 318 g/mol. The van der Waals surface area contributed by atoms with Crippen LogP contribution in [0.2, 0.25) is 0 Å². The third-order valence-corrected chi connectivity index (χ3v) is 6.50. The molecule has 2 heterocycles. The number of methoxy groups -OCH3 is 1. The quantitative estimate of drug-likeness (QED) is 0.838. The van der Waals surface area contributed by atoms with Crippen LogP contribution in [-0.4, -0.2) is 51.0 Å². The number of hydrogen-bond donors (Lipinski definition) is 1. The van der Waals surface area contributed by atoms with Gasteiger partial charge in [0.25, 0.3) is 0 Å². The van der Waals surface area contributed by atoms with Gasteiger partial charge in [0.15, 0.2) is 0 Å². The van der Waals surface area contributed by atoms with E-state index in [2.05, 4.69) is 10.1 Å². The molecule has 1 fully saturated rings. The molecule has 1 aromatic rings. The Morgan fingerprint density at radius 3 is 2.55 bits per heavy atom. The van der Waals surface area contributed by atoms with Crippen molar-refractivity contribution in [2.45, 2.75) is 30.8 Å². The van der Waals surface area contributed by atoms with Gasteiger partial charge < -0.3 is 10.1 Å². The Morgan fingerprint density at radius 1 is 1.40 bits per heavy atom. The van der Waals surface area contributed by atoms with Gasteiger partial charge in [-0.2, -0.15) is 4.31 Å². The predicted octanol–water partition coefficient (Wildman–Crippen LogP) is 0.906. The van der Waals surface area contributed by atoms with E-state index in [1.807, 2.05) is 13.8 Å². The highest BCUT2D eigenvalue weighted by Gasteiger charge is 2.38. The van der Waals surface area contributed by atoms with Gasteiger partial charge in [0, 0.05) is 25.2 Å². The zero-order chi connectivity index (χ0) is 14.9. The lowest BCUT2D eigenvalue weighted by Crippen LogP contribution is -2.57. The van der Waals surface area contributed by atoms with Crippen molar-refractivity contribution in [1.82, 2.24) is 9.62 Å². The molecular weight excluding hydrogens is 300 g/mol. The molecule has 20 heavy (non-hydrogen) atoms. The van der Waals surface area contributed by atoms with E-state index in [-0.39, 0.29) is 21.9 Å². The average molecular weight is 318 g/mol. The SMILES string of the molecule is COC(=O)c1sccc1S(=O)(=O)N1C(C)CNCC1C. The van der Waals surface area contributed by atoms with Crippen LogP contribution in [0.5, 0.6) is 0 Å². The smallest absolute Gasteiger partial charge is 0.349 e. The largest absolute Gasteiger partial charge is 0.465 e. The molecule has 2 rings (SSSR count). The number of esters is 1. The van der Waals surface area contributed by atoms with Crippen LogP contribution >= 0.6 is 11.3 Å². The van der Waals surface area contributed by atoms with Crippen molar-refractivity contribution in [1.29, 1.82) is 0 Å². The zero-order valence-electron chi connectivity index (χ0n) is 11.6. The lowest BCUT2D eigenvalue weighted by atomic mass is 10.2. The highest BCUT2D eigenvalue weighted by atomic mass is 32.2. The average Bonchev–Trinajstić information content (AvgIpc) is 2.87. The normalized spacial score (nSPS) is 24.6. The van der Waals surface area contributed by atoms with Gasteiger partial charge >= 0.3 is 5.97 Å². The second kappa shape index (κ2) is 5.80. The van der Waals surface area contributed by atoms with Crippen LogP contribution in [-0.2, 0) is 14.8 Å². The summed E-state index contributed by atoms with van der Waals surface area (Å²) in [5.74, 6) is -0.617. The minimum atomic E-state index is -3.70. The molecule has 1 N–H and O–H groups in total. The van der Waals surface area contributed by atoms with Crippen LogP contribution in [0.1, 0.15) is 23.5 Å². The summed E-state index contributed by atoms with van der Waals surface area (Å²) in [6, 6.07) is 1.15. The van der Waals surface area contributed by atoms with E-state index in [4.69, 9.17) is 0 Å². The summed E-state index contributed by atoms with van der Waals surface area (Å²) in [6.07, 6.45) is 0. The van der Waals surface area contributed by atoms with Crippen molar-refractivity contribution in [3.8, 4) is 0 Å². The fourth-order valence-corrected chi connectivity index (χ4v) is 5.58. The summed E-state index contributed by atoms with van der Waals surface area (Å²) < 4.78 is 31.7. The van der Waals surface area contributed by atoms with Crippen molar-refractivity contribution in [3.05, 3.63) is 16.3 Å². The van der Waals surface area contributed by atoms with Gasteiger partial charge in [-0.15, -0.1) is 11.3 Å². The van der Waals surface area contributed by atoms with Gasteiger partial charge in [0.05, 0.1) is 7.11 Å². The molecule has 1 saturated heterocycles. The fraction of sp³-hybridized carbons (Fsp3) is 0.583. The van der Waals surface area contributed by atoms with Crippen LogP contribution in [0.3, 0.4) is 0 Å². The lowest BCUT2D eigenvalue weighted by molar-refractivity contribution is 0.0602. The maximum absolute atomic E-state index is 12.8. The number of piperazine rings is 1. The Labute approximate surface area is 122 Å². The number of carbonyl (C=O) groups excluding carboxylic acids is 1. The molecule has 0 bridgehead atoms. The van der Waals surface area contributed by atoms with E-state index in [9.17, 15) is 13.2 Å². The summed E-state index contributed by atoms with van der Waals surface area (Å²) in [5, 5.41) is 4.78. The molecule has 2 unspecified atom stereocenters. The molecule has 2 atom stereocenters. The number of hydrogen-bond acceptors (Lipinski definition) is 6. The molecule has 6 nitrogen and oxygen atoms in total. The number of nitrogens with zero attached hydrogens (tertiary/aromatic N) is 1. The predicted molar refractivity (Wildman–Crippen MR) is 76.5 cm³/mol. The molecule has 0 radical (unpaired) electrons. The van der Waals surface area contributed by atoms with E-state index in [1.54, 1.807) is 5.38 Å². The molecule has 1 aliphatic heterocycles. The van der Waals surface area contributed by atoms with Crippen molar-refractivity contribution in [2.75, 3.05) is 20.2 Å². The maximum Gasteiger partial charge on any atom is 0.349 e. The maximum atomic E-state index is 12.8. The first-order valence-corrected chi connectivity index (χ1v) is 8.61. The Bertz CT molecular complexity index is 586. The summed E-state index contributed by atoms with van der Waals surface area (Å²) in [6.45, 7) is 4.90. The Balaban J connectivity index is 2.45. The number of nitrogens with one attached hydrogen (secondary N) is 1. The highest BCUT2D eigenvalue weighted by molar-refractivity contribution is 7.89. The first-order chi connectivity index (χ1) is 9.39. The number of thiophene rings is 1. The minimum Gasteiger partial charge on any atom is -0.465 e. The van der Waals surface area contributed by atoms with E-state index in [1.165, 1.54) is 17.5 Å². The van der Waals surface area contributed by atoms with Gasteiger partial charge in [-0.1, -0.05) is 0 Å². The second-order valence-electron chi connectivity index (χ2n) is 4.80. The molecule has 1 aromatic heterocycles. The Kier molecular flexibility index (Phi) is 4.48. The minimum absolute atomic E-state index is 0.0370. The van der Waals surface area contributed by atoms with Gasteiger partial charge in [-0.3, -0.25) is 0 Å². The number of sulfonamides is 1. The van der Waals surface area contributed by atoms with Gasteiger partial charge in [0.2, 0.25) is 10.0 Å². The van der Waals surface area contributed by atoms with E-state index >= 15 is 0 Å². The van der Waals surface area contributed by atoms with Crippen LogP contribution in [0.25, 0.3) is 0 Å². The summed E-state index contributed by atoms with van der Waals surface area (Å²) >= 11 is 1.08. The topological polar surface area (TPSA) is 75.7 Å². The van der Waals surface area contributed by atoms with Crippen LogP contribution < -0.4 is 5.32 Å². The van der Waals surface area contributed by atoms with Crippen LogP contribution in [0.15, 0.2) is 16.3 Å². The van der Waals surface area contributed by atoms with E-state index in [0.29, 0.717) is 13.1 Å². The number of carbonyl (C=O) groups is 1. The molecular formula is C12H18N2O4S2. The first-order valence-electron chi connectivity index (χ1n) is 6.29. The second-order valence-corrected chi connectivity index (χ2v) is 7.52. The number of rotatable bonds is 3. The van der Waals surface area contributed by atoms with Gasteiger partial charge in [-0.05, 0) is 25.3 Å². The lowest BCUT2D eigenvalue weighted by Gasteiger charge is -2.38. The summed E-state index contributed by atoms with van der Waals surface area (Å²) in [4.78, 5) is 11.8. The third-order valence-electron chi connectivity index (χ3n) is 3.30. The summed E-state index contributed by atoms with van der Waals surface area (Å²) in [7, 11) is -2.46. The molecule has 0 aromatic carbocycles. The van der Waals surface area contributed by atoms with E-state index in [0.717, 1.165) is 11.3 Å². The molecule has 0 spiro atoms. The zero-order valence-corrected chi connectivity index (χ0v) is 13.3. The Morgan fingerprint density at radius 2 is 2.00 bits per heavy atom. The van der Waals surface area contributed by atoms with Crippen LogP contribution in [0, 0.1) is 0 Å². The molecule has 8 heteroatoms. The fourth-order valence-electron chi connectivity index (χ4n) is 2.44. The highest BCUT2D eigenvalue weighted by Crippen LogP contribution is 2.29. The third kappa shape index (κ3) is 2.60. The summed E-state index contributed by atoms with van der Waals surface area (Å²) in [5.41, 5.74) is 0. The Hall–Kier alpha value is -0.960. The molecule has 1 aliphatic rings. The van der Waals surface area contributed by atoms with E-state index < -0.39 is 16.0 Å². The first kappa shape index (κ1) is 15.4.